The van der Waals surface area contributed by atoms with Crippen molar-refractivity contribution in [1.82, 2.24) is 5.06 Å². The van der Waals surface area contributed by atoms with E-state index in [0.29, 0.717) is 6.54 Å². The highest BCUT2D eigenvalue weighted by atomic mass is 16.7. The summed E-state index contributed by atoms with van der Waals surface area (Å²) in [4.78, 5) is 5.38. The Kier molecular flexibility index (Phi) is 2.08. The molecule has 0 aliphatic carbocycles. The van der Waals surface area contributed by atoms with Crippen LogP contribution in [-0.4, -0.2) is 59.4 Å². The van der Waals surface area contributed by atoms with Crippen molar-refractivity contribution in [3.05, 3.63) is 0 Å². The molecule has 5 nitrogen and oxygen atoms in total. The fraction of sp³-hybridized carbons (Fsp3) is 1.00. The van der Waals surface area contributed by atoms with E-state index in [-0.39, 0.29) is 18.8 Å². The predicted molar refractivity (Wildman–Crippen MR) is 43.9 cm³/mol. The van der Waals surface area contributed by atoms with Crippen LogP contribution in [-0.2, 0) is 9.57 Å². The summed E-state index contributed by atoms with van der Waals surface area (Å²) in [5.74, 6) is 0. The van der Waals surface area contributed by atoms with Crippen molar-refractivity contribution in [1.29, 1.82) is 0 Å². The van der Waals surface area contributed by atoms with Crippen LogP contribution in [0.15, 0.2) is 0 Å². The third-order valence-electron chi connectivity index (χ3n) is 2.79. The smallest absolute Gasteiger partial charge is 0.135 e. The quantitative estimate of drug-likeness (QED) is 0.539. The first-order valence-corrected chi connectivity index (χ1v) is 4.44. The number of ether oxygens (including phenoxy) is 1. The molecule has 2 aliphatic heterocycles. The summed E-state index contributed by atoms with van der Waals surface area (Å²) < 4.78 is 5.54. The Hall–Kier alpha value is -0.200. The van der Waals surface area contributed by atoms with E-state index in [2.05, 4.69) is 0 Å². The number of likely N-dealkylation sites (N-methyl/N-ethyl adjacent to an activating group) is 1. The summed E-state index contributed by atoms with van der Waals surface area (Å²) in [5, 5.41) is 20.6. The van der Waals surface area contributed by atoms with Gasteiger partial charge in [0.1, 0.15) is 17.8 Å². The Morgan fingerprint density at radius 1 is 1.62 bits per heavy atom. The molecule has 2 N–H and O–H groups in total. The Morgan fingerprint density at radius 2 is 2.31 bits per heavy atom. The van der Waals surface area contributed by atoms with Crippen molar-refractivity contribution in [2.24, 2.45) is 0 Å². The summed E-state index contributed by atoms with van der Waals surface area (Å²) >= 11 is 0. The molecule has 1 unspecified atom stereocenters. The topological polar surface area (TPSA) is 62.2 Å². The number of aliphatic hydroxyl groups excluding tert-OH is 2. The zero-order valence-corrected chi connectivity index (χ0v) is 7.80. The van der Waals surface area contributed by atoms with E-state index in [1.54, 1.807) is 12.1 Å². The largest absolute Gasteiger partial charge is 0.393 e. The summed E-state index contributed by atoms with van der Waals surface area (Å²) in [6.45, 7) is 2.05. The van der Waals surface area contributed by atoms with Crippen molar-refractivity contribution in [3.8, 4) is 0 Å². The molecule has 0 aromatic carbocycles. The first-order valence-electron chi connectivity index (χ1n) is 4.44. The SMILES string of the molecule is C[C@@H]1O[C@@]2(CO)CN(C)OC1[C@H]2O. The molecule has 2 saturated heterocycles. The maximum atomic E-state index is 9.81. The van der Waals surface area contributed by atoms with Gasteiger partial charge in [0.25, 0.3) is 0 Å². The van der Waals surface area contributed by atoms with Crippen LogP contribution in [0, 0.1) is 0 Å². The fourth-order valence-electron chi connectivity index (χ4n) is 2.14. The molecule has 0 radical (unpaired) electrons. The standard InChI is InChI=1S/C8H15NO4/c1-5-6-7(11)8(4-10,12-5)3-9(2)13-6/h5-7,10-11H,3-4H2,1-2H3/t5-,6?,7+,8+/m0/s1. The second-order valence-corrected chi connectivity index (χ2v) is 3.85. The van der Waals surface area contributed by atoms with Crippen LogP contribution in [0.25, 0.3) is 0 Å². The minimum Gasteiger partial charge on any atom is -0.393 e. The van der Waals surface area contributed by atoms with Crippen molar-refractivity contribution >= 4 is 0 Å². The van der Waals surface area contributed by atoms with Crippen LogP contribution in [0.5, 0.6) is 0 Å². The monoisotopic (exact) mass is 189 g/mol. The lowest BCUT2D eigenvalue weighted by molar-refractivity contribution is -0.255. The third kappa shape index (κ3) is 1.19. The van der Waals surface area contributed by atoms with E-state index in [1.807, 2.05) is 6.92 Å². The van der Waals surface area contributed by atoms with Crippen LogP contribution in [0.4, 0.5) is 0 Å². The van der Waals surface area contributed by atoms with Gasteiger partial charge in [0.15, 0.2) is 0 Å². The predicted octanol–water partition coefficient (Wildman–Crippen LogP) is -1.26. The number of aliphatic hydroxyl groups is 2. The van der Waals surface area contributed by atoms with Gasteiger partial charge in [-0.3, -0.25) is 4.84 Å². The lowest BCUT2D eigenvalue weighted by Crippen LogP contribution is -2.58. The van der Waals surface area contributed by atoms with E-state index in [4.69, 9.17) is 9.57 Å². The van der Waals surface area contributed by atoms with Gasteiger partial charge in [0.05, 0.1) is 19.3 Å². The maximum Gasteiger partial charge on any atom is 0.135 e. The summed E-state index contributed by atoms with van der Waals surface area (Å²) in [5.41, 5.74) is -0.850. The van der Waals surface area contributed by atoms with Crippen molar-refractivity contribution < 1.29 is 19.8 Å². The zero-order valence-electron chi connectivity index (χ0n) is 7.80. The lowest BCUT2D eigenvalue weighted by atomic mass is 9.94. The van der Waals surface area contributed by atoms with E-state index < -0.39 is 11.7 Å². The van der Waals surface area contributed by atoms with Gasteiger partial charge in [-0.2, -0.15) is 5.06 Å². The van der Waals surface area contributed by atoms with Crippen molar-refractivity contribution in [3.63, 3.8) is 0 Å². The van der Waals surface area contributed by atoms with Crippen LogP contribution < -0.4 is 0 Å². The van der Waals surface area contributed by atoms with Gasteiger partial charge in [-0.15, -0.1) is 0 Å². The van der Waals surface area contributed by atoms with Crippen LogP contribution in [0.3, 0.4) is 0 Å². The minimum atomic E-state index is -0.850. The normalized spacial score (nSPS) is 51.2. The molecule has 2 aliphatic rings. The molecule has 13 heavy (non-hydrogen) atoms. The van der Waals surface area contributed by atoms with Crippen molar-refractivity contribution in [2.75, 3.05) is 20.2 Å². The third-order valence-corrected chi connectivity index (χ3v) is 2.79. The highest BCUT2D eigenvalue weighted by Gasteiger charge is 2.57. The highest BCUT2D eigenvalue weighted by molar-refractivity contribution is 5.04. The molecule has 2 rings (SSSR count). The average molecular weight is 189 g/mol. The van der Waals surface area contributed by atoms with Crippen LogP contribution in [0.2, 0.25) is 0 Å². The number of hydrogen-bond acceptors (Lipinski definition) is 5. The molecule has 0 spiro atoms. The Bertz CT molecular complexity index is 208. The number of hydrogen-bond donors (Lipinski definition) is 2. The highest BCUT2D eigenvalue weighted by Crippen LogP contribution is 2.37. The van der Waals surface area contributed by atoms with Crippen LogP contribution >= 0.6 is 0 Å². The molecule has 0 amide bonds. The Balaban J connectivity index is 2.26. The lowest BCUT2D eigenvalue weighted by Gasteiger charge is -2.38. The van der Waals surface area contributed by atoms with E-state index in [0.717, 1.165) is 0 Å². The summed E-state index contributed by atoms with van der Waals surface area (Å²) in [7, 11) is 1.77. The van der Waals surface area contributed by atoms with Gasteiger partial charge < -0.3 is 14.9 Å². The molecule has 5 heteroatoms. The molecule has 4 atom stereocenters. The number of rotatable bonds is 1. The summed E-state index contributed by atoms with van der Waals surface area (Å²) in [6.07, 6.45) is -1.26. The van der Waals surface area contributed by atoms with Crippen molar-refractivity contribution in [2.45, 2.75) is 30.8 Å². The fourth-order valence-corrected chi connectivity index (χ4v) is 2.14. The molecular formula is C8H15NO4. The van der Waals surface area contributed by atoms with Gasteiger partial charge in [0.2, 0.25) is 0 Å². The molecule has 2 heterocycles. The minimum absolute atomic E-state index is 0.174. The van der Waals surface area contributed by atoms with Gasteiger partial charge in [-0.05, 0) is 6.92 Å². The molecule has 76 valence electrons. The van der Waals surface area contributed by atoms with Gasteiger partial charge >= 0.3 is 0 Å². The van der Waals surface area contributed by atoms with Gasteiger partial charge in [-0.25, -0.2) is 0 Å². The molecular weight excluding hydrogens is 174 g/mol. The molecule has 0 saturated carbocycles. The Morgan fingerprint density at radius 3 is 2.92 bits per heavy atom. The summed E-state index contributed by atoms with van der Waals surface area (Å²) in [6, 6.07) is 0. The van der Waals surface area contributed by atoms with E-state index in [1.165, 1.54) is 0 Å². The first-order chi connectivity index (χ1) is 6.09. The molecule has 0 aromatic heterocycles. The van der Waals surface area contributed by atoms with E-state index in [9.17, 15) is 10.2 Å². The van der Waals surface area contributed by atoms with Crippen LogP contribution in [0.1, 0.15) is 6.92 Å². The molecule has 2 bridgehead atoms. The van der Waals surface area contributed by atoms with Gasteiger partial charge in [-0.1, -0.05) is 0 Å². The zero-order chi connectivity index (χ0) is 9.64. The number of nitrogens with zero attached hydrogens (tertiary/aromatic N) is 1. The second-order valence-electron chi connectivity index (χ2n) is 3.85. The molecule has 0 aromatic rings. The van der Waals surface area contributed by atoms with E-state index >= 15 is 0 Å². The maximum absolute atomic E-state index is 9.81. The number of hydroxylamine groups is 2. The average Bonchev–Trinajstić information content (AvgIpc) is 2.26. The molecule has 2 fully saturated rings. The Labute approximate surface area is 76.8 Å². The van der Waals surface area contributed by atoms with Gasteiger partial charge in [0, 0.05) is 7.05 Å². The second kappa shape index (κ2) is 2.90. The first kappa shape index (κ1) is 9.36. The number of fused-ring (bicyclic) bond motifs is 2.